The molecule has 0 saturated carbocycles. The highest BCUT2D eigenvalue weighted by atomic mass is 79.9. The topological polar surface area (TPSA) is 58.7 Å². The number of benzene rings is 1. The Kier molecular flexibility index (Phi) is 3.64. The van der Waals surface area contributed by atoms with Crippen LogP contribution in [-0.4, -0.2) is 22.8 Å². The Morgan fingerprint density at radius 1 is 1.50 bits per heavy atom. The SMILES string of the molecule is CC(C)N1C(=O)N=C(N)C1c1cc(Cl)ccc1Br. The fraction of sp³-hybridized carbons (Fsp3) is 0.333. The number of amides is 2. The quantitative estimate of drug-likeness (QED) is 0.904. The fourth-order valence-corrected chi connectivity index (χ4v) is 2.68. The first kappa shape index (κ1) is 13.4. The van der Waals surface area contributed by atoms with Crippen LogP contribution in [0.5, 0.6) is 0 Å². The van der Waals surface area contributed by atoms with Crippen molar-refractivity contribution in [3.05, 3.63) is 33.3 Å². The van der Waals surface area contributed by atoms with Gasteiger partial charge in [0.2, 0.25) is 0 Å². The number of aliphatic imine (C=N–C) groups is 1. The number of amidine groups is 1. The lowest BCUT2D eigenvalue weighted by Gasteiger charge is -2.28. The van der Waals surface area contributed by atoms with E-state index in [4.69, 9.17) is 17.3 Å². The summed E-state index contributed by atoms with van der Waals surface area (Å²) in [5, 5.41) is 0.601. The van der Waals surface area contributed by atoms with Crippen molar-refractivity contribution < 1.29 is 4.79 Å². The Labute approximate surface area is 119 Å². The Morgan fingerprint density at radius 2 is 2.17 bits per heavy atom. The van der Waals surface area contributed by atoms with E-state index in [2.05, 4.69) is 20.9 Å². The normalized spacial score (nSPS) is 19.6. The van der Waals surface area contributed by atoms with Crippen molar-refractivity contribution in [3.63, 3.8) is 0 Å². The van der Waals surface area contributed by atoms with Gasteiger partial charge in [-0.15, -0.1) is 0 Å². The van der Waals surface area contributed by atoms with E-state index in [1.807, 2.05) is 19.9 Å². The van der Waals surface area contributed by atoms with Crippen molar-refractivity contribution in [2.75, 3.05) is 0 Å². The Balaban J connectivity index is 2.51. The van der Waals surface area contributed by atoms with Gasteiger partial charge in [-0.05, 0) is 37.6 Å². The molecule has 0 aliphatic carbocycles. The standard InChI is InChI=1S/C12H13BrClN3O/c1-6(2)17-10(11(15)16-12(17)18)8-5-7(14)3-4-9(8)13/h3-6,10H,1-2H3,(H2,15,16,18). The third-order valence-electron chi connectivity index (χ3n) is 2.81. The van der Waals surface area contributed by atoms with Gasteiger partial charge in [0.1, 0.15) is 11.9 Å². The lowest BCUT2D eigenvalue weighted by atomic mass is 10.0. The molecule has 0 aromatic heterocycles. The van der Waals surface area contributed by atoms with Gasteiger partial charge in [0, 0.05) is 15.5 Å². The van der Waals surface area contributed by atoms with E-state index in [0.717, 1.165) is 10.0 Å². The Hall–Kier alpha value is -1.07. The third-order valence-corrected chi connectivity index (χ3v) is 3.77. The number of hydrogen-bond acceptors (Lipinski definition) is 2. The molecule has 0 spiro atoms. The summed E-state index contributed by atoms with van der Waals surface area (Å²) in [5.41, 5.74) is 6.72. The molecule has 96 valence electrons. The van der Waals surface area contributed by atoms with Crippen molar-refractivity contribution in [1.82, 2.24) is 4.90 Å². The molecule has 1 atom stereocenters. The van der Waals surface area contributed by atoms with Crippen molar-refractivity contribution >= 4 is 39.4 Å². The van der Waals surface area contributed by atoms with Crippen molar-refractivity contribution in [3.8, 4) is 0 Å². The number of nitrogens with two attached hydrogens (primary N) is 1. The molecule has 18 heavy (non-hydrogen) atoms. The van der Waals surface area contributed by atoms with Crippen LogP contribution in [0.2, 0.25) is 5.02 Å². The zero-order valence-electron chi connectivity index (χ0n) is 10.0. The van der Waals surface area contributed by atoms with Gasteiger partial charge >= 0.3 is 6.03 Å². The summed E-state index contributed by atoms with van der Waals surface area (Å²) in [5.74, 6) is 0.302. The predicted octanol–water partition coefficient (Wildman–Crippen LogP) is 3.34. The number of carbonyl (C=O) groups is 1. The monoisotopic (exact) mass is 329 g/mol. The van der Waals surface area contributed by atoms with Crippen LogP contribution in [0.4, 0.5) is 4.79 Å². The van der Waals surface area contributed by atoms with Gasteiger partial charge in [-0.25, -0.2) is 4.79 Å². The highest BCUT2D eigenvalue weighted by molar-refractivity contribution is 9.10. The second-order valence-electron chi connectivity index (χ2n) is 4.39. The highest BCUT2D eigenvalue weighted by Crippen LogP contribution is 2.34. The van der Waals surface area contributed by atoms with E-state index in [9.17, 15) is 4.79 Å². The molecular weight excluding hydrogens is 318 g/mol. The number of rotatable bonds is 2. The lowest BCUT2D eigenvalue weighted by Crippen LogP contribution is -2.38. The number of carbonyl (C=O) groups excluding carboxylic acids is 1. The summed E-state index contributed by atoms with van der Waals surface area (Å²) in [4.78, 5) is 17.3. The minimum Gasteiger partial charge on any atom is -0.385 e. The molecule has 1 aromatic rings. The van der Waals surface area contributed by atoms with Gasteiger partial charge in [-0.3, -0.25) is 0 Å². The molecule has 1 aliphatic heterocycles. The van der Waals surface area contributed by atoms with Crippen LogP contribution in [0.15, 0.2) is 27.7 Å². The van der Waals surface area contributed by atoms with Crippen molar-refractivity contribution in [1.29, 1.82) is 0 Å². The second-order valence-corrected chi connectivity index (χ2v) is 5.68. The van der Waals surface area contributed by atoms with Crippen molar-refractivity contribution in [2.24, 2.45) is 10.7 Å². The first-order valence-corrected chi connectivity index (χ1v) is 6.70. The van der Waals surface area contributed by atoms with Crippen LogP contribution in [-0.2, 0) is 0 Å². The molecule has 1 aliphatic rings. The molecule has 1 unspecified atom stereocenters. The number of halogens is 2. The fourth-order valence-electron chi connectivity index (χ4n) is 2.03. The molecule has 1 heterocycles. The zero-order chi connectivity index (χ0) is 13.4. The molecule has 0 bridgehead atoms. The van der Waals surface area contributed by atoms with Crippen LogP contribution in [0, 0.1) is 0 Å². The molecule has 6 heteroatoms. The average Bonchev–Trinajstić information content (AvgIpc) is 2.57. The van der Waals surface area contributed by atoms with Gasteiger partial charge in [0.15, 0.2) is 0 Å². The molecule has 2 rings (SSSR count). The summed E-state index contributed by atoms with van der Waals surface area (Å²) in [6.45, 7) is 3.86. The Bertz CT molecular complexity index is 530. The molecule has 0 fully saturated rings. The van der Waals surface area contributed by atoms with Crippen molar-refractivity contribution in [2.45, 2.75) is 25.9 Å². The molecule has 0 saturated heterocycles. The van der Waals surface area contributed by atoms with Crippen LogP contribution < -0.4 is 5.73 Å². The van der Waals surface area contributed by atoms with E-state index >= 15 is 0 Å². The zero-order valence-corrected chi connectivity index (χ0v) is 12.4. The first-order chi connectivity index (χ1) is 8.41. The lowest BCUT2D eigenvalue weighted by molar-refractivity contribution is 0.190. The van der Waals surface area contributed by atoms with Gasteiger partial charge in [0.25, 0.3) is 0 Å². The van der Waals surface area contributed by atoms with E-state index < -0.39 is 0 Å². The minimum atomic E-state index is -0.356. The maximum atomic E-state index is 11.8. The van der Waals surface area contributed by atoms with Gasteiger partial charge < -0.3 is 10.6 Å². The molecule has 2 N–H and O–H groups in total. The summed E-state index contributed by atoms with van der Waals surface area (Å²) >= 11 is 9.46. The van der Waals surface area contributed by atoms with E-state index in [0.29, 0.717) is 10.9 Å². The largest absolute Gasteiger partial charge is 0.385 e. The summed E-state index contributed by atoms with van der Waals surface area (Å²) in [6.07, 6.45) is 0. The van der Waals surface area contributed by atoms with Gasteiger partial charge in [0.05, 0.1) is 0 Å². The third kappa shape index (κ3) is 2.24. The number of hydrogen-bond donors (Lipinski definition) is 1. The minimum absolute atomic E-state index is 0.0122. The van der Waals surface area contributed by atoms with Gasteiger partial charge in [-0.2, -0.15) is 4.99 Å². The summed E-state index contributed by atoms with van der Waals surface area (Å²) < 4.78 is 0.857. The Morgan fingerprint density at radius 3 is 2.78 bits per heavy atom. The summed E-state index contributed by atoms with van der Waals surface area (Å²) in [6, 6.07) is 4.76. The van der Waals surface area contributed by atoms with Crippen LogP contribution in [0.25, 0.3) is 0 Å². The molecule has 2 amide bonds. The highest BCUT2D eigenvalue weighted by Gasteiger charge is 2.37. The average molecular weight is 331 g/mol. The molecular formula is C12H13BrClN3O. The molecule has 0 radical (unpaired) electrons. The summed E-state index contributed by atoms with van der Waals surface area (Å²) in [7, 11) is 0. The van der Waals surface area contributed by atoms with E-state index in [-0.39, 0.29) is 18.1 Å². The predicted molar refractivity (Wildman–Crippen MR) is 75.9 cm³/mol. The number of nitrogens with zero attached hydrogens (tertiary/aromatic N) is 2. The first-order valence-electron chi connectivity index (χ1n) is 5.53. The maximum absolute atomic E-state index is 11.8. The van der Waals surface area contributed by atoms with Crippen LogP contribution in [0.1, 0.15) is 25.5 Å². The molecule has 1 aromatic carbocycles. The van der Waals surface area contributed by atoms with Crippen LogP contribution >= 0.6 is 27.5 Å². The van der Waals surface area contributed by atoms with E-state index in [1.165, 1.54) is 0 Å². The van der Waals surface area contributed by atoms with E-state index in [1.54, 1.807) is 17.0 Å². The smallest absolute Gasteiger partial charge is 0.346 e. The van der Waals surface area contributed by atoms with Gasteiger partial charge in [-0.1, -0.05) is 27.5 Å². The maximum Gasteiger partial charge on any atom is 0.346 e. The second kappa shape index (κ2) is 4.90. The number of urea groups is 1. The molecule has 4 nitrogen and oxygen atoms in total. The van der Waals surface area contributed by atoms with Crippen LogP contribution in [0.3, 0.4) is 0 Å².